The lowest BCUT2D eigenvalue weighted by atomic mass is 9.99. The van der Waals surface area contributed by atoms with Gasteiger partial charge in [0, 0.05) is 23.0 Å². The molecule has 0 saturated heterocycles. The first kappa shape index (κ1) is 10.7. The molecule has 1 aromatic carbocycles. The molecule has 0 heterocycles. The highest BCUT2D eigenvalue weighted by Crippen LogP contribution is 2.33. The fourth-order valence-corrected chi connectivity index (χ4v) is 3.06. The Labute approximate surface area is 93.1 Å². The number of hydrogen-bond donors (Lipinski definition) is 0. The molecule has 0 spiro atoms. The van der Waals surface area contributed by atoms with Crippen molar-refractivity contribution in [3.63, 3.8) is 0 Å². The van der Waals surface area contributed by atoms with Crippen molar-refractivity contribution in [1.82, 2.24) is 0 Å². The van der Waals surface area contributed by atoms with Crippen LogP contribution in [0.25, 0.3) is 0 Å². The molecule has 0 unspecified atom stereocenters. The van der Waals surface area contributed by atoms with Crippen molar-refractivity contribution in [2.45, 2.75) is 35.8 Å². The Balaban J connectivity index is 2.02. The highest BCUT2D eigenvalue weighted by molar-refractivity contribution is 8.00. The number of Topliss-reactive ketones (excluding diaryl/α,β-unsaturated/α-hetero) is 1. The lowest BCUT2D eigenvalue weighted by molar-refractivity contribution is -0.120. The Morgan fingerprint density at radius 1 is 1.33 bits per heavy atom. The van der Waals surface area contributed by atoms with E-state index < -0.39 is 0 Å². The second-order valence-electron chi connectivity index (χ2n) is 3.81. The normalized spacial score (nSPS) is 21.7. The summed E-state index contributed by atoms with van der Waals surface area (Å²) in [5.74, 6) is 0.135. The molecule has 80 valence electrons. The number of thioether (sulfide) groups is 1. The molecule has 1 aromatic rings. The van der Waals surface area contributed by atoms with Crippen molar-refractivity contribution in [2.24, 2.45) is 0 Å². The van der Waals surface area contributed by atoms with Crippen LogP contribution in [0.3, 0.4) is 0 Å². The summed E-state index contributed by atoms with van der Waals surface area (Å²) >= 11 is 1.50. The highest BCUT2D eigenvalue weighted by Gasteiger charge is 2.21. The monoisotopic (exact) mass is 224 g/mol. The summed E-state index contributed by atoms with van der Waals surface area (Å²) in [6.45, 7) is 0. The fraction of sp³-hybridized carbons (Fsp3) is 0.417. The van der Waals surface area contributed by atoms with Crippen molar-refractivity contribution in [3.8, 4) is 0 Å². The van der Waals surface area contributed by atoms with E-state index in [4.69, 9.17) is 0 Å². The number of rotatable bonds is 2. The quantitative estimate of drug-likeness (QED) is 0.765. The smallest absolute Gasteiger partial charge is 0.136 e. The van der Waals surface area contributed by atoms with Gasteiger partial charge in [-0.05, 0) is 25.0 Å². The number of carbonyl (C=O) groups is 1. The molecule has 3 heteroatoms. The molecule has 0 aliphatic heterocycles. The van der Waals surface area contributed by atoms with Gasteiger partial charge in [-0.1, -0.05) is 12.1 Å². The van der Waals surface area contributed by atoms with Gasteiger partial charge in [0.15, 0.2) is 0 Å². The van der Waals surface area contributed by atoms with Gasteiger partial charge in [-0.15, -0.1) is 11.8 Å². The van der Waals surface area contributed by atoms with Crippen molar-refractivity contribution in [3.05, 3.63) is 30.1 Å². The standard InChI is InChI=1S/C12H13FOS/c13-11-6-1-2-7-12(11)15-10-5-3-4-9(14)8-10/h1-2,6-7,10H,3-5,8H2/t10-/m0/s1. The van der Waals surface area contributed by atoms with Gasteiger partial charge in [0.05, 0.1) is 0 Å². The van der Waals surface area contributed by atoms with E-state index in [2.05, 4.69) is 0 Å². The van der Waals surface area contributed by atoms with Crippen LogP contribution in [-0.2, 0) is 4.79 Å². The van der Waals surface area contributed by atoms with Gasteiger partial charge in [0.1, 0.15) is 11.6 Å². The number of halogens is 1. The Morgan fingerprint density at radius 2 is 2.13 bits per heavy atom. The zero-order valence-corrected chi connectivity index (χ0v) is 9.23. The molecule has 0 amide bonds. The summed E-state index contributed by atoms with van der Waals surface area (Å²) in [7, 11) is 0. The highest BCUT2D eigenvalue weighted by atomic mass is 32.2. The van der Waals surface area contributed by atoms with Crippen LogP contribution >= 0.6 is 11.8 Å². The molecule has 0 radical (unpaired) electrons. The van der Waals surface area contributed by atoms with Crippen LogP contribution in [0, 0.1) is 5.82 Å². The molecular formula is C12H13FOS. The van der Waals surface area contributed by atoms with Crippen LogP contribution in [0.2, 0.25) is 0 Å². The number of carbonyl (C=O) groups excluding carboxylic acids is 1. The Kier molecular flexibility index (Phi) is 3.41. The molecule has 1 fully saturated rings. The molecule has 1 aliphatic carbocycles. The predicted molar refractivity (Wildman–Crippen MR) is 59.5 cm³/mol. The molecule has 1 nitrogen and oxygen atoms in total. The second-order valence-corrected chi connectivity index (χ2v) is 5.15. The fourth-order valence-electron chi connectivity index (χ4n) is 1.81. The third-order valence-corrected chi connectivity index (χ3v) is 3.89. The van der Waals surface area contributed by atoms with Crippen LogP contribution in [0.4, 0.5) is 4.39 Å². The zero-order valence-electron chi connectivity index (χ0n) is 8.41. The SMILES string of the molecule is O=C1CCC[C@H](Sc2ccccc2F)C1. The largest absolute Gasteiger partial charge is 0.300 e. The molecule has 15 heavy (non-hydrogen) atoms. The van der Waals surface area contributed by atoms with Gasteiger partial charge in [0.2, 0.25) is 0 Å². The van der Waals surface area contributed by atoms with Crippen LogP contribution < -0.4 is 0 Å². The Bertz CT molecular complexity index is 364. The van der Waals surface area contributed by atoms with Crippen LogP contribution in [-0.4, -0.2) is 11.0 Å². The minimum Gasteiger partial charge on any atom is -0.300 e. The minimum atomic E-state index is -0.180. The maximum absolute atomic E-state index is 13.3. The molecule has 1 saturated carbocycles. The predicted octanol–water partition coefficient (Wildman–Crippen LogP) is 3.43. The van der Waals surface area contributed by atoms with Crippen molar-refractivity contribution in [1.29, 1.82) is 0 Å². The van der Waals surface area contributed by atoms with E-state index in [0.717, 1.165) is 12.8 Å². The molecular weight excluding hydrogens is 211 g/mol. The number of hydrogen-bond acceptors (Lipinski definition) is 2. The minimum absolute atomic E-state index is 0.180. The van der Waals surface area contributed by atoms with Gasteiger partial charge in [0.25, 0.3) is 0 Å². The van der Waals surface area contributed by atoms with E-state index >= 15 is 0 Å². The molecule has 0 bridgehead atoms. The van der Waals surface area contributed by atoms with Crippen molar-refractivity contribution in [2.75, 3.05) is 0 Å². The number of ketones is 1. The lowest BCUT2D eigenvalue weighted by Crippen LogP contribution is -2.16. The summed E-state index contributed by atoms with van der Waals surface area (Å²) < 4.78 is 13.3. The van der Waals surface area contributed by atoms with E-state index in [9.17, 15) is 9.18 Å². The van der Waals surface area contributed by atoms with Gasteiger partial charge in [-0.3, -0.25) is 4.79 Å². The Hall–Kier alpha value is -0.830. The van der Waals surface area contributed by atoms with Crippen LogP contribution in [0.1, 0.15) is 25.7 Å². The summed E-state index contributed by atoms with van der Waals surface area (Å²) in [6, 6.07) is 6.76. The summed E-state index contributed by atoms with van der Waals surface area (Å²) in [5.41, 5.74) is 0. The first-order chi connectivity index (χ1) is 7.25. The maximum Gasteiger partial charge on any atom is 0.136 e. The summed E-state index contributed by atoms with van der Waals surface area (Å²) in [5, 5.41) is 0.267. The zero-order chi connectivity index (χ0) is 10.7. The van der Waals surface area contributed by atoms with Crippen molar-refractivity contribution >= 4 is 17.5 Å². The second kappa shape index (κ2) is 4.79. The van der Waals surface area contributed by atoms with Crippen molar-refractivity contribution < 1.29 is 9.18 Å². The average molecular weight is 224 g/mol. The third-order valence-electron chi connectivity index (χ3n) is 2.57. The first-order valence-corrected chi connectivity index (χ1v) is 6.06. The van der Waals surface area contributed by atoms with E-state index in [-0.39, 0.29) is 11.1 Å². The van der Waals surface area contributed by atoms with Gasteiger partial charge in [-0.2, -0.15) is 0 Å². The molecule has 2 rings (SSSR count). The maximum atomic E-state index is 13.3. The number of benzene rings is 1. The van der Waals surface area contributed by atoms with E-state index in [1.54, 1.807) is 12.1 Å². The average Bonchev–Trinajstić information content (AvgIpc) is 2.22. The lowest BCUT2D eigenvalue weighted by Gasteiger charge is -2.20. The van der Waals surface area contributed by atoms with E-state index in [1.165, 1.54) is 17.8 Å². The Morgan fingerprint density at radius 3 is 2.87 bits per heavy atom. The van der Waals surface area contributed by atoms with Crippen LogP contribution in [0.5, 0.6) is 0 Å². The van der Waals surface area contributed by atoms with Gasteiger partial charge >= 0.3 is 0 Å². The van der Waals surface area contributed by atoms with Gasteiger partial charge in [-0.25, -0.2) is 4.39 Å². The molecule has 1 aliphatic rings. The van der Waals surface area contributed by atoms with Crippen LogP contribution in [0.15, 0.2) is 29.2 Å². The molecule has 0 aromatic heterocycles. The molecule has 1 atom stereocenters. The van der Waals surface area contributed by atoms with Gasteiger partial charge < -0.3 is 0 Å². The van der Waals surface area contributed by atoms with E-state index in [0.29, 0.717) is 23.5 Å². The third kappa shape index (κ3) is 2.81. The summed E-state index contributed by atoms with van der Waals surface area (Å²) in [6.07, 6.45) is 3.27. The summed E-state index contributed by atoms with van der Waals surface area (Å²) in [4.78, 5) is 11.9. The first-order valence-electron chi connectivity index (χ1n) is 5.18. The van der Waals surface area contributed by atoms with E-state index in [1.807, 2.05) is 6.07 Å². The topological polar surface area (TPSA) is 17.1 Å². The molecule has 0 N–H and O–H groups in total.